The van der Waals surface area contributed by atoms with Gasteiger partial charge in [0.05, 0.1) is 18.7 Å². The fourth-order valence-electron chi connectivity index (χ4n) is 2.13. The van der Waals surface area contributed by atoms with Crippen molar-refractivity contribution in [1.82, 2.24) is 14.7 Å². The van der Waals surface area contributed by atoms with E-state index in [-0.39, 0.29) is 18.1 Å². The fraction of sp³-hybridized carbons (Fsp3) is 0.188. The molecule has 0 saturated heterocycles. The molecule has 0 aliphatic rings. The van der Waals surface area contributed by atoms with Gasteiger partial charge in [0.1, 0.15) is 5.01 Å². The first-order valence-electron chi connectivity index (χ1n) is 7.14. The zero-order chi connectivity index (χ0) is 16.2. The van der Waals surface area contributed by atoms with Crippen LogP contribution < -0.4 is 5.32 Å². The summed E-state index contributed by atoms with van der Waals surface area (Å²) in [5.41, 5.74) is 1.81. The molecule has 3 aromatic rings. The number of nitrogens with zero attached hydrogens (tertiary/aromatic N) is 2. The van der Waals surface area contributed by atoms with E-state index in [9.17, 15) is 9.59 Å². The minimum absolute atomic E-state index is 0.179. The Kier molecular flexibility index (Phi) is 4.38. The Bertz CT molecular complexity index is 820. The van der Waals surface area contributed by atoms with Gasteiger partial charge in [-0.15, -0.1) is 11.3 Å². The van der Waals surface area contributed by atoms with Crippen molar-refractivity contribution in [3.8, 4) is 0 Å². The minimum atomic E-state index is -0.444. The van der Waals surface area contributed by atoms with Gasteiger partial charge in [-0.1, -0.05) is 6.07 Å². The van der Waals surface area contributed by atoms with Crippen molar-refractivity contribution in [3.63, 3.8) is 0 Å². The molecule has 23 heavy (non-hydrogen) atoms. The van der Waals surface area contributed by atoms with Gasteiger partial charge in [-0.2, -0.15) is 0 Å². The van der Waals surface area contributed by atoms with E-state index in [1.807, 2.05) is 34.9 Å². The van der Waals surface area contributed by atoms with E-state index in [0.29, 0.717) is 17.2 Å². The van der Waals surface area contributed by atoms with E-state index < -0.39 is 5.97 Å². The molecule has 0 aromatic carbocycles. The summed E-state index contributed by atoms with van der Waals surface area (Å²) < 4.78 is 6.77. The number of esters is 1. The molecule has 0 spiro atoms. The number of hydrogen-bond donors (Lipinski definition) is 1. The van der Waals surface area contributed by atoms with Gasteiger partial charge in [0.25, 0.3) is 5.91 Å². The lowest BCUT2D eigenvalue weighted by Crippen LogP contribution is -2.22. The van der Waals surface area contributed by atoms with E-state index >= 15 is 0 Å². The molecule has 1 amide bonds. The molecule has 1 N–H and O–H groups in total. The summed E-state index contributed by atoms with van der Waals surface area (Å²) in [7, 11) is 0. The molecule has 7 heteroatoms. The summed E-state index contributed by atoms with van der Waals surface area (Å²) in [6.45, 7) is 2.33. The molecular formula is C16H15N3O3S. The highest BCUT2D eigenvalue weighted by Crippen LogP contribution is 2.12. The number of pyridine rings is 1. The van der Waals surface area contributed by atoms with Crippen molar-refractivity contribution < 1.29 is 14.3 Å². The third-order valence-electron chi connectivity index (χ3n) is 3.20. The second kappa shape index (κ2) is 6.62. The van der Waals surface area contributed by atoms with Crippen molar-refractivity contribution in [2.24, 2.45) is 0 Å². The maximum absolute atomic E-state index is 12.2. The summed E-state index contributed by atoms with van der Waals surface area (Å²) in [5, 5.41) is 5.09. The molecule has 0 aliphatic heterocycles. The Hall–Kier alpha value is -2.67. The number of fused-ring (bicyclic) bond motifs is 1. The quantitative estimate of drug-likeness (QED) is 0.730. The Morgan fingerprint density at radius 1 is 1.39 bits per heavy atom. The van der Waals surface area contributed by atoms with Crippen LogP contribution in [0.5, 0.6) is 0 Å². The number of aromatic nitrogens is 2. The molecule has 0 atom stereocenters. The van der Waals surface area contributed by atoms with Crippen LogP contribution in [0.1, 0.15) is 32.8 Å². The lowest BCUT2D eigenvalue weighted by atomic mass is 10.3. The Balaban J connectivity index is 1.63. The number of amides is 1. The number of nitrogens with one attached hydrogen (secondary N) is 1. The van der Waals surface area contributed by atoms with Gasteiger partial charge in [-0.05, 0) is 25.1 Å². The average Bonchev–Trinajstić information content (AvgIpc) is 3.19. The van der Waals surface area contributed by atoms with Crippen molar-refractivity contribution in [3.05, 3.63) is 58.3 Å². The summed E-state index contributed by atoms with van der Waals surface area (Å²) in [6, 6.07) is 7.58. The summed E-state index contributed by atoms with van der Waals surface area (Å²) in [4.78, 5) is 27.9. The molecule has 3 heterocycles. The zero-order valence-electron chi connectivity index (χ0n) is 12.5. The van der Waals surface area contributed by atoms with E-state index in [0.717, 1.165) is 5.52 Å². The molecule has 3 aromatic heterocycles. The topological polar surface area (TPSA) is 72.7 Å². The van der Waals surface area contributed by atoms with Crippen LogP contribution in [0.4, 0.5) is 0 Å². The molecule has 0 radical (unpaired) electrons. The molecule has 0 saturated carbocycles. The van der Waals surface area contributed by atoms with E-state index in [4.69, 9.17) is 4.74 Å². The fourth-order valence-corrected chi connectivity index (χ4v) is 2.83. The van der Waals surface area contributed by atoms with Crippen LogP contribution in [0, 0.1) is 0 Å². The molecule has 0 aliphatic carbocycles. The lowest BCUT2D eigenvalue weighted by Gasteiger charge is -2.00. The van der Waals surface area contributed by atoms with Gasteiger partial charge in [0.2, 0.25) is 0 Å². The second-order valence-corrected chi connectivity index (χ2v) is 5.73. The number of thiazole rings is 1. The maximum Gasteiger partial charge on any atom is 0.357 e. The Morgan fingerprint density at radius 3 is 3.04 bits per heavy atom. The lowest BCUT2D eigenvalue weighted by molar-refractivity contribution is 0.0520. The first-order valence-corrected chi connectivity index (χ1v) is 8.02. The SMILES string of the molecule is CCOC(=O)c1csc(CNC(=O)c2cc3ccccn3c2)n1. The number of carbonyl (C=O) groups is 2. The first kappa shape index (κ1) is 15.2. The second-order valence-electron chi connectivity index (χ2n) is 4.79. The largest absolute Gasteiger partial charge is 0.461 e. The Labute approximate surface area is 136 Å². The third kappa shape index (κ3) is 3.40. The molecule has 0 fully saturated rings. The van der Waals surface area contributed by atoms with Crippen LogP contribution in [-0.2, 0) is 11.3 Å². The highest BCUT2D eigenvalue weighted by atomic mass is 32.1. The Morgan fingerprint density at radius 2 is 2.26 bits per heavy atom. The van der Waals surface area contributed by atoms with Gasteiger partial charge in [-0.25, -0.2) is 9.78 Å². The highest BCUT2D eigenvalue weighted by molar-refractivity contribution is 7.09. The van der Waals surface area contributed by atoms with Crippen molar-refractivity contribution in [1.29, 1.82) is 0 Å². The van der Waals surface area contributed by atoms with Crippen molar-refractivity contribution >= 4 is 28.7 Å². The van der Waals surface area contributed by atoms with Crippen molar-refractivity contribution in [2.75, 3.05) is 6.61 Å². The van der Waals surface area contributed by atoms with Gasteiger partial charge >= 0.3 is 5.97 Å². The summed E-state index contributed by atoms with van der Waals surface area (Å²) in [6.07, 6.45) is 3.66. The monoisotopic (exact) mass is 329 g/mol. The summed E-state index contributed by atoms with van der Waals surface area (Å²) in [5.74, 6) is -0.624. The van der Waals surface area contributed by atoms with Gasteiger partial charge in [-0.3, -0.25) is 4.79 Å². The van der Waals surface area contributed by atoms with E-state index in [1.165, 1.54) is 11.3 Å². The number of ether oxygens (including phenoxy) is 1. The van der Waals surface area contributed by atoms with Gasteiger partial charge in [0, 0.05) is 23.3 Å². The van der Waals surface area contributed by atoms with Crippen LogP contribution in [0.3, 0.4) is 0 Å². The smallest absolute Gasteiger partial charge is 0.357 e. The molecular weight excluding hydrogens is 314 g/mol. The highest BCUT2D eigenvalue weighted by Gasteiger charge is 2.13. The first-order chi connectivity index (χ1) is 11.2. The maximum atomic E-state index is 12.2. The van der Waals surface area contributed by atoms with Crippen LogP contribution in [-0.4, -0.2) is 27.9 Å². The van der Waals surface area contributed by atoms with Crippen LogP contribution in [0.2, 0.25) is 0 Å². The minimum Gasteiger partial charge on any atom is -0.461 e. The van der Waals surface area contributed by atoms with Crippen LogP contribution >= 0.6 is 11.3 Å². The molecule has 3 rings (SSSR count). The predicted molar refractivity (Wildman–Crippen MR) is 86.6 cm³/mol. The molecule has 0 bridgehead atoms. The molecule has 0 unspecified atom stereocenters. The van der Waals surface area contributed by atoms with Gasteiger partial charge < -0.3 is 14.5 Å². The zero-order valence-corrected chi connectivity index (χ0v) is 13.3. The number of rotatable bonds is 5. The number of hydrogen-bond acceptors (Lipinski definition) is 5. The van der Waals surface area contributed by atoms with Crippen LogP contribution in [0.15, 0.2) is 42.0 Å². The molecule has 6 nitrogen and oxygen atoms in total. The standard InChI is InChI=1S/C16H15N3O3S/c1-2-22-16(21)13-10-23-14(18-13)8-17-15(20)11-7-12-5-3-4-6-19(12)9-11/h3-7,9-10H,2,8H2,1H3,(H,17,20). The van der Waals surface area contributed by atoms with Crippen molar-refractivity contribution in [2.45, 2.75) is 13.5 Å². The third-order valence-corrected chi connectivity index (χ3v) is 4.05. The summed E-state index contributed by atoms with van der Waals surface area (Å²) >= 11 is 1.31. The number of carbonyl (C=O) groups excluding carboxylic acids is 2. The molecule has 118 valence electrons. The van der Waals surface area contributed by atoms with Gasteiger partial charge in [0.15, 0.2) is 5.69 Å². The van der Waals surface area contributed by atoms with E-state index in [1.54, 1.807) is 18.5 Å². The predicted octanol–water partition coefficient (Wildman–Crippen LogP) is 2.50. The van der Waals surface area contributed by atoms with E-state index in [2.05, 4.69) is 10.3 Å². The normalized spacial score (nSPS) is 10.7. The average molecular weight is 329 g/mol. The van der Waals surface area contributed by atoms with Crippen LogP contribution in [0.25, 0.3) is 5.52 Å².